The highest BCUT2D eigenvalue weighted by atomic mass is 35.5. The van der Waals surface area contributed by atoms with Crippen molar-refractivity contribution in [3.05, 3.63) is 101 Å². The zero-order valence-corrected chi connectivity index (χ0v) is 16.6. The molecule has 0 fully saturated rings. The fourth-order valence-corrected chi connectivity index (χ4v) is 3.21. The third kappa shape index (κ3) is 4.36. The van der Waals surface area contributed by atoms with Crippen molar-refractivity contribution in [2.24, 2.45) is 0 Å². The summed E-state index contributed by atoms with van der Waals surface area (Å²) in [5, 5.41) is 7.96. The molecule has 1 amide bonds. The third-order valence-corrected chi connectivity index (χ3v) is 4.67. The summed E-state index contributed by atoms with van der Waals surface area (Å²) in [7, 11) is 0. The summed E-state index contributed by atoms with van der Waals surface area (Å²) in [5.74, 6) is 0.337. The number of hydrogen-bond acceptors (Lipinski definition) is 3. The first-order valence-electron chi connectivity index (χ1n) is 9.22. The van der Waals surface area contributed by atoms with Crippen LogP contribution in [0.2, 0.25) is 5.02 Å². The Kier molecular flexibility index (Phi) is 5.40. The molecule has 144 valence electrons. The number of amides is 1. The highest BCUT2D eigenvalue weighted by molar-refractivity contribution is 6.30. The van der Waals surface area contributed by atoms with Crippen LogP contribution in [-0.4, -0.2) is 20.7 Å². The van der Waals surface area contributed by atoms with Crippen LogP contribution in [0.5, 0.6) is 0 Å². The second-order valence-corrected chi connectivity index (χ2v) is 7.12. The molecule has 29 heavy (non-hydrogen) atoms. The average Bonchev–Trinajstić information content (AvgIpc) is 3.18. The Bertz CT molecular complexity index is 1090. The summed E-state index contributed by atoms with van der Waals surface area (Å²) in [5.41, 5.74) is 3.71. The van der Waals surface area contributed by atoms with Crippen LogP contribution in [0.25, 0.3) is 17.1 Å². The molecule has 6 heteroatoms. The number of halogens is 1. The smallest absolute Gasteiger partial charge is 0.291 e. The molecule has 4 aromatic rings. The quantitative estimate of drug-likeness (QED) is 0.520. The summed E-state index contributed by atoms with van der Waals surface area (Å²) in [6.45, 7) is 2.41. The van der Waals surface area contributed by atoms with E-state index in [0.29, 0.717) is 17.4 Å². The van der Waals surface area contributed by atoms with E-state index in [-0.39, 0.29) is 11.7 Å². The summed E-state index contributed by atoms with van der Waals surface area (Å²) in [4.78, 5) is 17.2. The molecule has 0 saturated heterocycles. The predicted molar refractivity (Wildman–Crippen MR) is 114 cm³/mol. The van der Waals surface area contributed by atoms with Crippen molar-refractivity contribution in [1.29, 1.82) is 0 Å². The molecule has 0 saturated carbocycles. The van der Waals surface area contributed by atoms with Gasteiger partial charge >= 0.3 is 0 Å². The van der Waals surface area contributed by atoms with Crippen LogP contribution >= 0.6 is 11.6 Å². The van der Waals surface area contributed by atoms with Crippen molar-refractivity contribution in [3.8, 4) is 17.1 Å². The third-order valence-electron chi connectivity index (χ3n) is 4.44. The molecule has 4 rings (SSSR count). The zero-order valence-electron chi connectivity index (χ0n) is 15.8. The number of nitrogens with zero attached hydrogens (tertiary/aromatic N) is 3. The first-order chi connectivity index (χ1) is 14.1. The Hall–Kier alpha value is -3.44. The van der Waals surface area contributed by atoms with Crippen LogP contribution in [-0.2, 0) is 6.54 Å². The van der Waals surface area contributed by atoms with Gasteiger partial charge in [0.2, 0.25) is 5.82 Å². The highest BCUT2D eigenvalue weighted by Crippen LogP contribution is 2.24. The predicted octanol–water partition coefficient (Wildman–Crippen LogP) is 4.83. The zero-order chi connectivity index (χ0) is 20.2. The number of nitrogens with one attached hydrogen (secondary N) is 1. The van der Waals surface area contributed by atoms with Gasteiger partial charge in [-0.25, -0.2) is 9.67 Å². The number of benzene rings is 3. The van der Waals surface area contributed by atoms with Crippen molar-refractivity contribution in [3.63, 3.8) is 0 Å². The maximum atomic E-state index is 12.7. The minimum atomic E-state index is -0.330. The first kappa shape index (κ1) is 18.9. The SMILES string of the molecule is Cc1cccc(-n2nc(C(=O)NCc3ccccc3)nc2-c2cccc(Cl)c2)c1. The molecule has 1 N–H and O–H groups in total. The van der Waals surface area contributed by atoms with Gasteiger partial charge in [-0.1, -0.05) is 66.2 Å². The van der Waals surface area contributed by atoms with Crippen LogP contribution in [0.3, 0.4) is 0 Å². The molecule has 3 aromatic carbocycles. The largest absolute Gasteiger partial charge is 0.345 e. The normalized spacial score (nSPS) is 10.7. The lowest BCUT2D eigenvalue weighted by atomic mass is 10.2. The standard InChI is InChI=1S/C23H19ClN4O/c1-16-7-5-12-20(13-16)28-22(18-10-6-11-19(24)14-18)26-21(27-28)23(29)25-15-17-8-3-2-4-9-17/h2-14H,15H2,1H3,(H,25,29). The van der Waals surface area contributed by atoms with E-state index in [1.165, 1.54) is 0 Å². The molecule has 1 aromatic heterocycles. The molecule has 0 aliphatic rings. The number of carbonyl (C=O) groups is 1. The van der Waals surface area contributed by atoms with Gasteiger partial charge in [0.25, 0.3) is 5.91 Å². The van der Waals surface area contributed by atoms with Crippen molar-refractivity contribution < 1.29 is 4.79 Å². The van der Waals surface area contributed by atoms with Crippen LogP contribution in [0.15, 0.2) is 78.9 Å². The molecule has 0 bridgehead atoms. The molecular formula is C23H19ClN4O. The Morgan fingerprint density at radius 3 is 2.55 bits per heavy atom. The Labute approximate surface area is 174 Å². The minimum absolute atomic E-state index is 0.109. The Morgan fingerprint density at radius 1 is 1.00 bits per heavy atom. The van der Waals surface area contributed by atoms with Gasteiger partial charge in [0.15, 0.2) is 5.82 Å². The van der Waals surface area contributed by atoms with Crippen molar-refractivity contribution in [1.82, 2.24) is 20.1 Å². The molecule has 0 radical (unpaired) electrons. The highest BCUT2D eigenvalue weighted by Gasteiger charge is 2.19. The molecule has 1 heterocycles. The first-order valence-corrected chi connectivity index (χ1v) is 9.60. The van der Waals surface area contributed by atoms with Gasteiger partial charge in [0, 0.05) is 17.1 Å². The molecular weight excluding hydrogens is 384 g/mol. The number of aryl methyl sites for hydroxylation is 1. The number of carbonyl (C=O) groups excluding carboxylic acids is 1. The molecule has 0 atom stereocenters. The van der Waals surface area contributed by atoms with Gasteiger partial charge < -0.3 is 5.32 Å². The van der Waals surface area contributed by atoms with Crippen molar-refractivity contribution in [2.45, 2.75) is 13.5 Å². The van der Waals surface area contributed by atoms with Gasteiger partial charge in [-0.2, -0.15) is 0 Å². The minimum Gasteiger partial charge on any atom is -0.345 e. The lowest BCUT2D eigenvalue weighted by Crippen LogP contribution is -2.24. The average molecular weight is 403 g/mol. The molecule has 5 nitrogen and oxygen atoms in total. The number of rotatable bonds is 5. The second-order valence-electron chi connectivity index (χ2n) is 6.69. The van der Waals surface area contributed by atoms with E-state index in [1.807, 2.05) is 79.7 Å². The molecule has 0 spiro atoms. The van der Waals surface area contributed by atoms with Gasteiger partial charge in [0.05, 0.1) is 5.69 Å². The van der Waals surface area contributed by atoms with Crippen LogP contribution in [0.4, 0.5) is 0 Å². The van der Waals surface area contributed by atoms with Crippen molar-refractivity contribution in [2.75, 3.05) is 0 Å². The molecule has 0 unspecified atom stereocenters. The summed E-state index contributed by atoms with van der Waals surface area (Å²) in [6, 6.07) is 24.9. The van der Waals surface area contributed by atoms with Gasteiger partial charge in [0.1, 0.15) is 0 Å². The Morgan fingerprint density at radius 2 is 1.79 bits per heavy atom. The van der Waals surface area contributed by atoms with E-state index in [2.05, 4.69) is 15.4 Å². The van der Waals surface area contributed by atoms with E-state index < -0.39 is 0 Å². The van der Waals surface area contributed by atoms with Gasteiger partial charge in [-0.15, -0.1) is 5.10 Å². The molecule has 0 aliphatic heterocycles. The fraction of sp³-hybridized carbons (Fsp3) is 0.0870. The second kappa shape index (κ2) is 8.29. The van der Waals surface area contributed by atoms with E-state index in [9.17, 15) is 4.79 Å². The maximum Gasteiger partial charge on any atom is 0.291 e. The van der Waals surface area contributed by atoms with Crippen LogP contribution in [0, 0.1) is 6.92 Å². The van der Waals surface area contributed by atoms with Crippen molar-refractivity contribution >= 4 is 17.5 Å². The lowest BCUT2D eigenvalue weighted by molar-refractivity contribution is 0.0940. The fourth-order valence-electron chi connectivity index (χ4n) is 3.02. The van der Waals surface area contributed by atoms with E-state index in [4.69, 9.17) is 11.6 Å². The maximum absolute atomic E-state index is 12.7. The molecule has 0 aliphatic carbocycles. The number of hydrogen-bond donors (Lipinski definition) is 1. The number of aromatic nitrogens is 3. The Balaban J connectivity index is 1.70. The topological polar surface area (TPSA) is 59.8 Å². The van der Waals surface area contributed by atoms with E-state index in [0.717, 1.165) is 22.4 Å². The van der Waals surface area contributed by atoms with E-state index in [1.54, 1.807) is 10.7 Å². The van der Waals surface area contributed by atoms with Gasteiger partial charge in [-0.05, 0) is 42.3 Å². The van der Waals surface area contributed by atoms with Gasteiger partial charge in [-0.3, -0.25) is 4.79 Å². The lowest BCUT2D eigenvalue weighted by Gasteiger charge is -2.07. The monoisotopic (exact) mass is 402 g/mol. The van der Waals surface area contributed by atoms with E-state index >= 15 is 0 Å². The summed E-state index contributed by atoms with van der Waals surface area (Å²) in [6.07, 6.45) is 0. The van der Waals surface area contributed by atoms with Crippen LogP contribution < -0.4 is 5.32 Å². The van der Waals surface area contributed by atoms with Crippen LogP contribution in [0.1, 0.15) is 21.7 Å². The summed E-state index contributed by atoms with van der Waals surface area (Å²) >= 11 is 6.17. The summed E-state index contributed by atoms with van der Waals surface area (Å²) < 4.78 is 1.68.